The SMILES string of the molecule is CCC(CC)C(C)NC1CCc2ccc(C)cc21. The third-order valence-electron chi connectivity index (χ3n) is 4.60. The predicted molar refractivity (Wildman–Crippen MR) is 78.9 cm³/mol. The Kier molecular flexibility index (Phi) is 4.45. The van der Waals surface area contributed by atoms with Gasteiger partial charge in [-0.15, -0.1) is 0 Å². The number of nitrogens with one attached hydrogen (secondary N) is 1. The number of rotatable bonds is 5. The molecule has 0 aromatic heterocycles. The second-order valence-corrected chi connectivity index (χ2v) is 5.83. The lowest BCUT2D eigenvalue weighted by Crippen LogP contribution is -2.35. The first-order valence-corrected chi connectivity index (χ1v) is 7.51. The average molecular weight is 245 g/mol. The number of fused-ring (bicyclic) bond motifs is 1. The largest absolute Gasteiger partial charge is 0.307 e. The van der Waals surface area contributed by atoms with E-state index in [1.807, 2.05) is 0 Å². The lowest BCUT2D eigenvalue weighted by molar-refractivity contribution is 0.322. The van der Waals surface area contributed by atoms with E-state index in [2.05, 4.69) is 51.2 Å². The molecule has 2 rings (SSSR count). The molecule has 1 aromatic carbocycles. The van der Waals surface area contributed by atoms with Gasteiger partial charge in [-0.3, -0.25) is 0 Å². The number of aryl methyl sites for hydroxylation is 2. The Hall–Kier alpha value is -0.820. The van der Waals surface area contributed by atoms with Gasteiger partial charge in [0.15, 0.2) is 0 Å². The summed E-state index contributed by atoms with van der Waals surface area (Å²) >= 11 is 0. The Labute approximate surface area is 112 Å². The molecule has 0 saturated carbocycles. The van der Waals surface area contributed by atoms with Gasteiger partial charge in [0.25, 0.3) is 0 Å². The summed E-state index contributed by atoms with van der Waals surface area (Å²) in [4.78, 5) is 0. The monoisotopic (exact) mass is 245 g/mol. The van der Waals surface area contributed by atoms with Crippen molar-refractivity contribution in [3.05, 3.63) is 34.9 Å². The smallest absolute Gasteiger partial charge is 0.0328 e. The first kappa shape index (κ1) is 13.6. The summed E-state index contributed by atoms with van der Waals surface area (Å²) in [5.41, 5.74) is 4.49. The molecule has 1 heteroatoms. The van der Waals surface area contributed by atoms with E-state index >= 15 is 0 Å². The molecule has 18 heavy (non-hydrogen) atoms. The van der Waals surface area contributed by atoms with Crippen molar-refractivity contribution >= 4 is 0 Å². The van der Waals surface area contributed by atoms with Crippen LogP contribution in [0.3, 0.4) is 0 Å². The van der Waals surface area contributed by atoms with E-state index in [1.54, 1.807) is 11.1 Å². The lowest BCUT2D eigenvalue weighted by Gasteiger charge is -2.26. The Balaban J connectivity index is 2.07. The molecule has 0 bridgehead atoms. The molecular weight excluding hydrogens is 218 g/mol. The summed E-state index contributed by atoms with van der Waals surface area (Å²) in [6.07, 6.45) is 5.06. The standard InChI is InChI=1S/C17H27N/c1-5-14(6-2)13(4)18-17-10-9-15-8-7-12(3)11-16(15)17/h7-8,11,13-14,17-18H,5-6,9-10H2,1-4H3. The Morgan fingerprint density at radius 1 is 1.28 bits per heavy atom. The Bertz CT molecular complexity index is 393. The highest BCUT2D eigenvalue weighted by atomic mass is 15.0. The van der Waals surface area contributed by atoms with Crippen LogP contribution in [-0.4, -0.2) is 6.04 Å². The molecule has 0 spiro atoms. The molecule has 2 unspecified atom stereocenters. The summed E-state index contributed by atoms with van der Waals surface area (Å²) in [6.45, 7) is 9.16. The van der Waals surface area contributed by atoms with Crippen molar-refractivity contribution < 1.29 is 0 Å². The molecule has 0 aliphatic heterocycles. The van der Waals surface area contributed by atoms with Crippen LogP contribution in [0.4, 0.5) is 0 Å². The highest BCUT2D eigenvalue weighted by molar-refractivity contribution is 5.37. The zero-order chi connectivity index (χ0) is 13.1. The molecule has 0 saturated heterocycles. The maximum absolute atomic E-state index is 3.86. The Morgan fingerprint density at radius 3 is 2.67 bits per heavy atom. The van der Waals surface area contributed by atoms with Gasteiger partial charge in [-0.25, -0.2) is 0 Å². The molecular formula is C17H27N. The van der Waals surface area contributed by atoms with Crippen LogP contribution in [0.25, 0.3) is 0 Å². The van der Waals surface area contributed by atoms with Crippen LogP contribution >= 0.6 is 0 Å². The molecule has 1 N–H and O–H groups in total. The van der Waals surface area contributed by atoms with Crippen LogP contribution < -0.4 is 5.32 Å². The molecule has 2 atom stereocenters. The van der Waals surface area contributed by atoms with E-state index in [4.69, 9.17) is 0 Å². The van der Waals surface area contributed by atoms with E-state index in [0.717, 1.165) is 5.92 Å². The van der Waals surface area contributed by atoms with Crippen LogP contribution in [0.15, 0.2) is 18.2 Å². The van der Waals surface area contributed by atoms with Gasteiger partial charge in [0.05, 0.1) is 0 Å². The van der Waals surface area contributed by atoms with Crippen molar-refractivity contribution in [1.29, 1.82) is 0 Å². The zero-order valence-electron chi connectivity index (χ0n) is 12.3. The van der Waals surface area contributed by atoms with E-state index in [0.29, 0.717) is 12.1 Å². The van der Waals surface area contributed by atoms with Crippen molar-refractivity contribution in [3.8, 4) is 0 Å². The first-order valence-electron chi connectivity index (χ1n) is 7.51. The summed E-state index contributed by atoms with van der Waals surface area (Å²) in [5.74, 6) is 0.804. The van der Waals surface area contributed by atoms with Gasteiger partial charge in [-0.1, -0.05) is 50.5 Å². The normalized spacial score (nSPS) is 20.2. The molecule has 0 fully saturated rings. The summed E-state index contributed by atoms with van der Waals surface area (Å²) in [5, 5.41) is 3.86. The summed E-state index contributed by atoms with van der Waals surface area (Å²) in [6, 6.07) is 8.13. The molecule has 0 radical (unpaired) electrons. The molecule has 100 valence electrons. The molecule has 1 aliphatic rings. The maximum atomic E-state index is 3.86. The van der Waals surface area contributed by atoms with Gasteiger partial charge < -0.3 is 5.32 Å². The van der Waals surface area contributed by atoms with Crippen LogP contribution in [-0.2, 0) is 6.42 Å². The molecule has 0 heterocycles. The van der Waals surface area contributed by atoms with E-state index in [1.165, 1.54) is 31.2 Å². The van der Waals surface area contributed by atoms with Gasteiger partial charge >= 0.3 is 0 Å². The van der Waals surface area contributed by atoms with Crippen molar-refractivity contribution in [2.24, 2.45) is 5.92 Å². The van der Waals surface area contributed by atoms with Crippen molar-refractivity contribution in [2.75, 3.05) is 0 Å². The highest BCUT2D eigenvalue weighted by Crippen LogP contribution is 2.32. The van der Waals surface area contributed by atoms with Gasteiger partial charge in [0, 0.05) is 12.1 Å². The Morgan fingerprint density at radius 2 is 2.00 bits per heavy atom. The van der Waals surface area contributed by atoms with Crippen molar-refractivity contribution in [2.45, 2.75) is 65.5 Å². The van der Waals surface area contributed by atoms with E-state index < -0.39 is 0 Å². The quantitative estimate of drug-likeness (QED) is 0.811. The highest BCUT2D eigenvalue weighted by Gasteiger charge is 2.25. The van der Waals surface area contributed by atoms with Crippen molar-refractivity contribution in [3.63, 3.8) is 0 Å². The average Bonchev–Trinajstić information content (AvgIpc) is 2.73. The minimum atomic E-state index is 0.579. The summed E-state index contributed by atoms with van der Waals surface area (Å²) < 4.78 is 0. The number of benzene rings is 1. The third-order valence-corrected chi connectivity index (χ3v) is 4.60. The van der Waals surface area contributed by atoms with Crippen LogP contribution in [0.2, 0.25) is 0 Å². The van der Waals surface area contributed by atoms with E-state index in [9.17, 15) is 0 Å². The summed E-state index contributed by atoms with van der Waals surface area (Å²) in [7, 11) is 0. The second-order valence-electron chi connectivity index (χ2n) is 5.83. The molecule has 1 aromatic rings. The molecule has 1 aliphatic carbocycles. The number of hydrogen-bond donors (Lipinski definition) is 1. The second kappa shape index (κ2) is 5.88. The number of hydrogen-bond acceptors (Lipinski definition) is 1. The fourth-order valence-corrected chi connectivity index (χ4v) is 3.34. The third kappa shape index (κ3) is 2.77. The molecule has 0 amide bonds. The minimum Gasteiger partial charge on any atom is -0.307 e. The van der Waals surface area contributed by atoms with Crippen LogP contribution in [0.5, 0.6) is 0 Å². The van der Waals surface area contributed by atoms with Crippen LogP contribution in [0, 0.1) is 12.8 Å². The van der Waals surface area contributed by atoms with Crippen molar-refractivity contribution in [1.82, 2.24) is 5.32 Å². The topological polar surface area (TPSA) is 12.0 Å². The fraction of sp³-hybridized carbons (Fsp3) is 0.647. The van der Waals surface area contributed by atoms with Gasteiger partial charge in [0.2, 0.25) is 0 Å². The predicted octanol–water partition coefficient (Wildman–Crippen LogP) is 4.40. The van der Waals surface area contributed by atoms with Gasteiger partial charge in [-0.05, 0) is 43.7 Å². The van der Waals surface area contributed by atoms with E-state index in [-0.39, 0.29) is 0 Å². The van der Waals surface area contributed by atoms with Crippen LogP contribution in [0.1, 0.15) is 62.8 Å². The minimum absolute atomic E-state index is 0.579. The maximum Gasteiger partial charge on any atom is 0.0328 e. The molecule has 1 nitrogen and oxygen atoms in total. The lowest BCUT2D eigenvalue weighted by atomic mass is 9.94. The zero-order valence-corrected chi connectivity index (χ0v) is 12.3. The van der Waals surface area contributed by atoms with Gasteiger partial charge in [0.1, 0.15) is 0 Å². The van der Waals surface area contributed by atoms with Gasteiger partial charge in [-0.2, -0.15) is 0 Å². The fourth-order valence-electron chi connectivity index (χ4n) is 3.34. The first-order chi connectivity index (χ1) is 8.65.